The second kappa shape index (κ2) is 11.9. The SMILES string of the molecule is CN=C(NCCC(=O)N1CCN(c2ncccn2)CC1)NCC(C)Oc1cccc(C)c1. The molecule has 3 rings (SSSR count). The van der Waals surface area contributed by atoms with Gasteiger partial charge in [-0.25, -0.2) is 9.97 Å². The van der Waals surface area contributed by atoms with Crippen LogP contribution >= 0.6 is 0 Å². The first-order valence-corrected chi connectivity index (χ1v) is 11.0. The molecule has 1 unspecified atom stereocenters. The van der Waals surface area contributed by atoms with E-state index in [1.165, 1.54) is 5.56 Å². The number of nitrogens with zero attached hydrogens (tertiary/aromatic N) is 5. The van der Waals surface area contributed by atoms with Crippen LogP contribution in [0.5, 0.6) is 5.75 Å². The van der Waals surface area contributed by atoms with Crippen LogP contribution in [0, 0.1) is 6.92 Å². The highest BCUT2D eigenvalue weighted by molar-refractivity contribution is 5.81. The van der Waals surface area contributed by atoms with E-state index in [2.05, 4.69) is 30.5 Å². The van der Waals surface area contributed by atoms with Crippen LogP contribution in [0.2, 0.25) is 0 Å². The van der Waals surface area contributed by atoms with Gasteiger partial charge in [0.05, 0.1) is 6.54 Å². The maximum absolute atomic E-state index is 12.6. The van der Waals surface area contributed by atoms with Crippen LogP contribution in [-0.4, -0.2) is 79.2 Å². The van der Waals surface area contributed by atoms with Gasteiger partial charge in [-0.2, -0.15) is 0 Å². The lowest BCUT2D eigenvalue weighted by molar-refractivity contribution is -0.131. The molecule has 1 aromatic heterocycles. The average molecular weight is 440 g/mol. The summed E-state index contributed by atoms with van der Waals surface area (Å²) < 4.78 is 5.93. The highest BCUT2D eigenvalue weighted by Gasteiger charge is 2.22. The van der Waals surface area contributed by atoms with Crippen molar-refractivity contribution in [2.24, 2.45) is 4.99 Å². The van der Waals surface area contributed by atoms with Crippen LogP contribution in [0.3, 0.4) is 0 Å². The summed E-state index contributed by atoms with van der Waals surface area (Å²) in [7, 11) is 1.72. The summed E-state index contributed by atoms with van der Waals surface area (Å²) in [5.41, 5.74) is 1.17. The molecule has 2 heterocycles. The van der Waals surface area contributed by atoms with Gasteiger partial charge in [-0.15, -0.1) is 0 Å². The fraction of sp³-hybridized carbons (Fsp3) is 0.478. The van der Waals surface area contributed by atoms with Gasteiger partial charge < -0.3 is 25.2 Å². The first-order chi connectivity index (χ1) is 15.5. The number of ether oxygens (including phenoxy) is 1. The molecule has 1 saturated heterocycles. The third-order valence-corrected chi connectivity index (χ3v) is 5.21. The van der Waals surface area contributed by atoms with E-state index >= 15 is 0 Å². The number of hydrogen-bond donors (Lipinski definition) is 2. The fourth-order valence-electron chi connectivity index (χ4n) is 3.48. The standard InChI is InChI=1S/C23H33N7O2/c1-18-6-4-7-20(16-18)32-19(2)17-28-22(24-3)25-11-8-21(31)29-12-14-30(15-13-29)23-26-9-5-10-27-23/h4-7,9-10,16,19H,8,11-15,17H2,1-3H3,(H2,24,25,28). The number of hydrogen-bond acceptors (Lipinski definition) is 6. The number of amides is 1. The Balaban J connectivity index is 1.33. The molecule has 1 aliphatic rings. The predicted octanol–water partition coefficient (Wildman–Crippen LogP) is 1.46. The summed E-state index contributed by atoms with van der Waals surface area (Å²) in [5.74, 6) is 2.37. The molecular weight excluding hydrogens is 406 g/mol. The molecule has 172 valence electrons. The largest absolute Gasteiger partial charge is 0.489 e. The van der Waals surface area contributed by atoms with Gasteiger partial charge in [0.15, 0.2) is 5.96 Å². The molecule has 1 aliphatic heterocycles. The van der Waals surface area contributed by atoms with Crippen molar-refractivity contribution in [3.05, 3.63) is 48.3 Å². The zero-order valence-electron chi connectivity index (χ0n) is 19.1. The van der Waals surface area contributed by atoms with Crippen molar-refractivity contribution in [2.45, 2.75) is 26.4 Å². The lowest BCUT2D eigenvalue weighted by Crippen LogP contribution is -2.50. The van der Waals surface area contributed by atoms with Gasteiger partial charge in [0.25, 0.3) is 0 Å². The molecule has 2 aromatic rings. The molecule has 32 heavy (non-hydrogen) atoms. The normalized spacial score (nSPS) is 15.3. The highest BCUT2D eigenvalue weighted by atomic mass is 16.5. The number of aromatic nitrogens is 2. The Kier molecular flexibility index (Phi) is 8.65. The van der Waals surface area contributed by atoms with Crippen molar-refractivity contribution in [1.82, 2.24) is 25.5 Å². The van der Waals surface area contributed by atoms with Crippen LogP contribution in [0.1, 0.15) is 18.9 Å². The second-order valence-electron chi connectivity index (χ2n) is 7.79. The van der Waals surface area contributed by atoms with Crippen molar-refractivity contribution in [3.63, 3.8) is 0 Å². The molecule has 1 aromatic carbocycles. The van der Waals surface area contributed by atoms with E-state index in [0.29, 0.717) is 38.6 Å². The predicted molar refractivity (Wildman–Crippen MR) is 126 cm³/mol. The smallest absolute Gasteiger partial charge is 0.225 e. The minimum Gasteiger partial charge on any atom is -0.489 e. The average Bonchev–Trinajstić information content (AvgIpc) is 2.82. The van der Waals surface area contributed by atoms with Crippen molar-refractivity contribution < 1.29 is 9.53 Å². The van der Waals surface area contributed by atoms with E-state index in [-0.39, 0.29) is 12.0 Å². The van der Waals surface area contributed by atoms with Crippen LogP contribution in [0.4, 0.5) is 5.95 Å². The third kappa shape index (κ3) is 7.11. The monoisotopic (exact) mass is 439 g/mol. The van der Waals surface area contributed by atoms with E-state index in [1.807, 2.05) is 43.0 Å². The molecule has 9 heteroatoms. The molecule has 1 atom stereocenters. The molecule has 0 saturated carbocycles. The summed E-state index contributed by atoms with van der Waals surface area (Å²) in [4.78, 5) is 29.4. The highest BCUT2D eigenvalue weighted by Crippen LogP contribution is 2.14. The Bertz CT molecular complexity index is 883. The molecule has 0 aliphatic carbocycles. The number of rotatable bonds is 8. The number of aryl methyl sites for hydroxylation is 1. The molecule has 1 amide bonds. The summed E-state index contributed by atoms with van der Waals surface area (Å²) in [6.45, 7) is 8.01. The maximum atomic E-state index is 12.6. The van der Waals surface area contributed by atoms with Crippen LogP contribution < -0.4 is 20.3 Å². The van der Waals surface area contributed by atoms with Gasteiger partial charge in [-0.1, -0.05) is 12.1 Å². The number of guanidine groups is 1. The number of anilines is 1. The summed E-state index contributed by atoms with van der Waals surface area (Å²) in [6, 6.07) is 9.80. The lowest BCUT2D eigenvalue weighted by atomic mass is 10.2. The van der Waals surface area contributed by atoms with Crippen LogP contribution in [0.15, 0.2) is 47.7 Å². The summed E-state index contributed by atoms with van der Waals surface area (Å²) in [6.07, 6.45) is 3.86. The van der Waals surface area contributed by atoms with Gasteiger partial charge in [0.2, 0.25) is 11.9 Å². The van der Waals surface area contributed by atoms with Gasteiger partial charge in [-0.3, -0.25) is 9.79 Å². The van der Waals surface area contributed by atoms with Crippen molar-refractivity contribution in [2.75, 3.05) is 51.2 Å². The quantitative estimate of drug-likeness (QED) is 0.475. The van der Waals surface area contributed by atoms with E-state index in [9.17, 15) is 4.79 Å². The van der Waals surface area contributed by atoms with E-state index in [4.69, 9.17) is 4.74 Å². The lowest BCUT2D eigenvalue weighted by Gasteiger charge is -2.34. The molecule has 1 fully saturated rings. The molecular formula is C23H33N7O2. The van der Waals surface area contributed by atoms with E-state index in [1.54, 1.807) is 25.5 Å². The molecule has 0 bridgehead atoms. The Morgan fingerprint density at radius 2 is 1.91 bits per heavy atom. The zero-order chi connectivity index (χ0) is 22.8. The van der Waals surface area contributed by atoms with Crippen LogP contribution in [0.25, 0.3) is 0 Å². The van der Waals surface area contributed by atoms with E-state index < -0.39 is 0 Å². The number of aliphatic imine (C=N–C) groups is 1. The summed E-state index contributed by atoms with van der Waals surface area (Å²) in [5, 5.41) is 6.46. The number of carbonyl (C=O) groups is 1. The van der Waals surface area contributed by atoms with Gasteiger partial charge >= 0.3 is 0 Å². The number of piperazine rings is 1. The minimum atomic E-state index is -0.0260. The van der Waals surface area contributed by atoms with Gasteiger partial charge in [-0.05, 0) is 37.6 Å². The third-order valence-electron chi connectivity index (χ3n) is 5.21. The number of carbonyl (C=O) groups excluding carboxylic acids is 1. The first kappa shape index (κ1) is 23.3. The maximum Gasteiger partial charge on any atom is 0.225 e. The minimum absolute atomic E-state index is 0.0260. The Morgan fingerprint density at radius 1 is 1.16 bits per heavy atom. The van der Waals surface area contributed by atoms with Gasteiger partial charge in [0.1, 0.15) is 11.9 Å². The zero-order valence-corrected chi connectivity index (χ0v) is 19.1. The molecule has 0 spiro atoms. The first-order valence-electron chi connectivity index (χ1n) is 11.0. The van der Waals surface area contributed by atoms with E-state index in [0.717, 1.165) is 24.8 Å². The summed E-state index contributed by atoms with van der Waals surface area (Å²) >= 11 is 0. The second-order valence-corrected chi connectivity index (χ2v) is 7.79. The molecule has 2 N–H and O–H groups in total. The molecule has 0 radical (unpaired) electrons. The Labute approximate surface area is 189 Å². The van der Waals surface area contributed by atoms with Crippen molar-refractivity contribution >= 4 is 17.8 Å². The van der Waals surface area contributed by atoms with Crippen molar-refractivity contribution in [3.8, 4) is 5.75 Å². The number of nitrogens with one attached hydrogen (secondary N) is 2. The molecule has 9 nitrogen and oxygen atoms in total. The fourth-order valence-corrected chi connectivity index (χ4v) is 3.48. The van der Waals surface area contributed by atoms with Crippen molar-refractivity contribution in [1.29, 1.82) is 0 Å². The Hall–Kier alpha value is -3.36. The topological polar surface area (TPSA) is 95.0 Å². The number of benzene rings is 1. The Morgan fingerprint density at radius 3 is 2.59 bits per heavy atom. The van der Waals surface area contributed by atoms with Gasteiger partial charge in [0, 0.05) is 58.6 Å². The van der Waals surface area contributed by atoms with Crippen LogP contribution in [-0.2, 0) is 4.79 Å².